The van der Waals surface area contributed by atoms with Crippen LogP contribution in [0.5, 0.6) is 5.75 Å². The Morgan fingerprint density at radius 2 is 2.00 bits per heavy atom. The maximum absolute atomic E-state index is 5.52. The molecular formula is C21H25BrN2O. The number of nitrogens with zero attached hydrogens (tertiary/aromatic N) is 2. The zero-order chi connectivity index (χ0) is 17.6. The molecule has 0 radical (unpaired) electrons. The van der Waals surface area contributed by atoms with E-state index in [1.807, 2.05) is 0 Å². The Balaban J connectivity index is 1.62. The van der Waals surface area contributed by atoms with E-state index in [9.17, 15) is 0 Å². The van der Waals surface area contributed by atoms with Crippen molar-refractivity contribution >= 4 is 21.6 Å². The first-order valence-corrected chi connectivity index (χ1v) is 9.73. The molecule has 1 fully saturated rings. The molecule has 132 valence electrons. The molecule has 0 amide bonds. The van der Waals surface area contributed by atoms with Crippen molar-refractivity contribution in [3.63, 3.8) is 0 Å². The Hall–Kier alpha value is -1.52. The second-order valence-corrected chi connectivity index (χ2v) is 8.28. The molecule has 0 aromatic heterocycles. The van der Waals surface area contributed by atoms with Crippen molar-refractivity contribution in [1.82, 2.24) is 4.90 Å². The van der Waals surface area contributed by atoms with Crippen molar-refractivity contribution in [3.8, 4) is 5.75 Å². The lowest BCUT2D eigenvalue weighted by molar-refractivity contribution is 0.226. The van der Waals surface area contributed by atoms with Crippen LogP contribution in [0, 0.1) is 0 Å². The number of hydrogen-bond acceptors (Lipinski definition) is 3. The standard InChI is InChI=1S/C21H25BrN2O/c1-21-10-12-24(11-9-15-7-5-4-6-8-15)20(21)23(2)19-17(21)13-16(25-3)14-18(19)22/h4-8,13-14,20H,9-12H2,1-3H3. The van der Waals surface area contributed by atoms with Crippen molar-refractivity contribution < 1.29 is 4.74 Å². The maximum atomic E-state index is 5.52. The minimum atomic E-state index is 0.151. The molecule has 2 unspecified atom stereocenters. The third-order valence-corrected chi connectivity index (χ3v) is 6.58. The van der Waals surface area contributed by atoms with E-state index in [2.05, 4.69) is 82.2 Å². The molecule has 0 N–H and O–H groups in total. The summed E-state index contributed by atoms with van der Waals surface area (Å²) in [5, 5.41) is 0. The normalized spacial score (nSPS) is 25.1. The fourth-order valence-electron chi connectivity index (χ4n) is 4.74. The van der Waals surface area contributed by atoms with Gasteiger partial charge in [-0.05, 0) is 52.0 Å². The van der Waals surface area contributed by atoms with Gasteiger partial charge in [-0.15, -0.1) is 0 Å². The van der Waals surface area contributed by atoms with E-state index in [1.165, 1.54) is 23.2 Å². The van der Waals surface area contributed by atoms with Gasteiger partial charge in [-0.3, -0.25) is 4.90 Å². The van der Waals surface area contributed by atoms with Crippen molar-refractivity contribution in [2.45, 2.75) is 31.3 Å². The molecule has 0 bridgehead atoms. The zero-order valence-electron chi connectivity index (χ0n) is 15.1. The molecular weight excluding hydrogens is 376 g/mol. The summed E-state index contributed by atoms with van der Waals surface area (Å²) >= 11 is 3.77. The number of likely N-dealkylation sites (tertiary alicyclic amines) is 1. The molecule has 1 saturated heterocycles. The Kier molecular flexibility index (Phi) is 4.28. The Morgan fingerprint density at radius 1 is 1.24 bits per heavy atom. The summed E-state index contributed by atoms with van der Waals surface area (Å²) in [6.07, 6.45) is 2.69. The van der Waals surface area contributed by atoms with Gasteiger partial charge in [0.25, 0.3) is 0 Å². The second kappa shape index (κ2) is 6.33. The van der Waals surface area contributed by atoms with Crippen LogP contribution < -0.4 is 9.64 Å². The molecule has 2 aromatic rings. The fraction of sp³-hybridized carbons (Fsp3) is 0.429. The topological polar surface area (TPSA) is 15.7 Å². The average molecular weight is 401 g/mol. The first-order valence-electron chi connectivity index (χ1n) is 8.93. The largest absolute Gasteiger partial charge is 0.497 e. The van der Waals surface area contributed by atoms with Crippen molar-refractivity contribution in [2.24, 2.45) is 0 Å². The average Bonchev–Trinajstić information content (AvgIpc) is 3.07. The molecule has 4 rings (SSSR count). The summed E-state index contributed by atoms with van der Waals surface area (Å²) in [4.78, 5) is 5.10. The number of fused-ring (bicyclic) bond motifs is 3. The van der Waals surface area contributed by atoms with Crippen LogP contribution in [0.3, 0.4) is 0 Å². The number of anilines is 1. The Bertz CT molecular complexity index is 779. The SMILES string of the molecule is COc1cc(Br)c2c(c1)C1(C)CCN(CCc3ccccc3)C1N2C. The van der Waals surface area contributed by atoms with Gasteiger partial charge in [0.05, 0.1) is 19.0 Å². The van der Waals surface area contributed by atoms with Gasteiger partial charge >= 0.3 is 0 Å². The molecule has 0 aliphatic carbocycles. The highest BCUT2D eigenvalue weighted by Gasteiger charge is 2.53. The zero-order valence-corrected chi connectivity index (χ0v) is 16.7. The minimum absolute atomic E-state index is 0.151. The number of hydrogen-bond donors (Lipinski definition) is 0. The molecule has 0 saturated carbocycles. The lowest BCUT2D eigenvalue weighted by Gasteiger charge is -2.35. The van der Waals surface area contributed by atoms with E-state index < -0.39 is 0 Å². The first-order chi connectivity index (χ1) is 12.0. The lowest BCUT2D eigenvalue weighted by Crippen LogP contribution is -2.47. The third-order valence-electron chi connectivity index (χ3n) is 5.97. The van der Waals surface area contributed by atoms with Gasteiger partial charge < -0.3 is 9.64 Å². The second-order valence-electron chi connectivity index (χ2n) is 7.43. The van der Waals surface area contributed by atoms with Crippen LogP contribution in [-0.4, -0.2) is 38.3 Å². The summed E-state index contributed by atoms with van der Waals surface area (Å²) in [6, 6.07) is 15.1. The van der Waals surface area contributed by atoms with Gasteiger partial charge in [-0.25, -0.2) is 0 Å². The van der Waals surface area contributed by atoms with E-state index >= 15 is 0 Å². The van der Waals surface area contributed by atoms with Crippen LogP contribution in [-0.2, 0) is 11.8 Å². The first kappa shape index (κ1) is 16.9. The molecule has 0 spiro atoms. The molecule has 2 heterocycles. The van der Waals surface area contributed by atoms with E-state index in [0.29, 0.717) is 6.17 Å². The van der Waals surface area contributed by atoms with Crippen molar-refractivity contribution in [3.05, 3.63) is 58.1 Å². The van der Waals surface area contributed by atoms with E-state index in [4.69, 9.17) is 4.74 Å². The predicted molar refractivity (Wildman–Crippen MR) is 107 cm³/mol. The Morgan fingerprint density at radius 3 is 2.72 bits per heavy atom. The van der Waals surface area contributed by atoms with Gasteiger partial charge in [0, 0.05) is 30.0 Å². The summed E-state index contributed by atoms with van der Waals surface area (Å²) in [6.45, 7) is 4.65. The number of likely N-dealkylation sites (N-methyl/N-ethyl adjacent to an activating group) is 1. The van der Waals surface area contributed by atoms with Crippen LogP contribution >= 0.6 is 15.9 Å². The quantitative estimate of drug-likeness (QED) is 0.754. The van der Waals surface area contributed by atoms with E-state index in [-0.39, 0.29) is 5.41 Å². The molecule has 25 heavy (non-hydrogen) atoms. The number of rotatable bonds is 4. The van der Waals surface area contributed by atoms with Crippen LogP contribution in [0.4, 0.5) is 5.69 Å². The lowest BCUT2D eigenvalue weighted by atomic mass is 9.81. The van der Waals surface area contributed by atoms with Crippen LogP contribution in [0.25, 0.3) is 0 Å². The highest BCUT2D eigenvalue weighted by atomic mass is 79.9. The smallest absolute Gasteiger partial charge is 0.120 e. The highest BCUT2D eigenvalue weighted by Crippen LogP contribution is 2.54. The minimum Gasteiger partial charge on any atom is -0.497 e. The monoisotopic (exact) mass is 400 g/mol. The number of methoxy groups -OCH3 is 1. The summed E-state index contributed by atoms with van der Waals surface area (Å²) in [5.41, 5.74) is 4.29. The van der Waals surface area contributed by atoms with Gasteiger partial charge in [0.15, 0.2) is 0 Å². The number of benzene rings is 2. The predicted octanol–water partition coefficient (Wildman–Crippen LogP) is 4.44. The van der Waals surface area contributed by atoms with Crippen molar-refractivity contribution in [2.75, 3.05) is 32.1 Å². The van der Waals surface area contributed by atoms with Gasteiger partial charge in [0.1, 0.15) is 5.75 Å². The van der Waals surface area contributed by atoms with E-state index in [0.717, 1.165) is 29.7 Å². The third kappa shape index (κ3) is 2.67. The molecule has 2 aliphatic heterocycles. The number of ether oxygens (including phenoxy) is 1. The van der Waals surface area contributed by atoms with Crippen LogP contribution in [0.1, 0.15) is 24.5 Å². The highest BCUT2D eigenvalue weighted by molar-refractivity contribution is 9.10. The van der Waals surface area contributed by atoms with Gasteiger partial charge in [-0.2, -0.15) is 0 Å². The fourth-order valence-corrected chi connectivity index (χ4v) is 5.45. The van der Waals surface area contributed by atoms with Gasteiger partial charge in [0.2, 0.25) is 0 Å². The Labute approximate surface area is 158 Å². The van der Waals surface area contributed by atoms with Crippen LogP contribution in [0.15, 0.2) is 46.9 Å². The van der Waals surface area contributed by atoms with Gasteiger partial charge in [-0.1, -0.05) is 37.3 Å². The molecule has 3 nitrogen and oxygen atoms in total. The summed E-state index contributed by atoms with van der Waals surface area (Å²) in [7, 11) is 3.97. The summed E-state index contributed by atoms with van der Waals surface area (Å²) in [5.74, 6) is 0.934. The molecule has 2 aliphatic rings. The maximum Gasteiger partial charge on any atom is 0.120 e. The number of halogens is 1. The molecule has 2 atom stereocenters. The van der Waals surface area contributed by atoms with E-state index in [1.54, 1.807) is 7.11 Å². The van der Waals surface area contributed by atoms with Crippen molar-refractivity contribution in [1.29, 1.82) is 0 Å². The molecule has 4 heteroatoms. The van der Waals surface area contributed by atoms with Crippen LogP contribution in [0.2, 0.25) is 0 Å². The molecule has 2 aromatic carbocycles. The summed E-state index contributed by atoms with van der Waals surface area (Å²) < 4.78 is 6.65.